The van der Waals surface area contributed by atoms with Crippen molar-refractivity contribution in [1.29, 1.82) is 0 Å². The quantitative estimate of drug-likeness (QED) is 0.430. The molecule has 4 rings (SSSR count). The van der Waals surface area contributed by atoms with Crippen LogP contribution in [-0.2, 0) is 4.74 Å². The number of imidazole rings is 1. The Labute approximate surface area is 196 Å². The van der Waals surface area contributed by atoms with Crippen molar-refractivity contribution in [1.82, 2.24) is 9.55 Å². The van der Waals surface area contributed by atoms with Gasteiger partial charge in [0.05, 0.1) is 17.9 Å². The van der Waals surface area contributed by atoms with E-state index in [1.807, 2.05) is 0 Å². The molecule has 6 nitrogen and oxygen atoms in total. The van der Waals surface area contributed by atoms with Gasteiger partial charge in [0.25, 0.3) is 0 Å². The summed E-state index contributed by atoms with van der Waals surface area (Å²) < 4.78 is 20.6. The van der Waals surface area contributed by atoms with Crippen LogP contribution < -0.4 is 5.48 Å². The summed E-state index contributed by atoms with van der Waals surface area (Å²) in [4.78, 5) is 15.7. The zero-order valence-corrected chi connectivity index (χ0v) is 20.6. The number of aromatic nitrogens is 2. The van der Waals surface area contributed by atoms with E-state index in [4.69, 9.17) is 9.94 Å². The maximum atomic E-state index is 13.7. The van der Waals surface area contributed by atoms with Crippen LogP contribution in [-0.4, -0.2) is 32.9 Å². The van der Waals surface area contributed by atoms with E-state index in [-0.39, 0.29) is 11.7 Å². The van der Waals surface area contributed by atoms with Crippen LogP contribution in [0.5, 0.6) is 0 Å². The predicted octanol–water partition coefficient (Wildman–Crippen LogP) is 5.89. The fourth-order valence-corrected chi connectivity index (χ4v) is 3.58. The van der Waals surface area contributed by atoms with Gasteiger partial charge in [0.1, 0.15) is 0 Å². The van der Waals surface area contributed by atoms with Crippen LogP contribution in [0.25, 0.3) is 17.1 Å². The molecule has 182 valence electrons. The molecule has 2 atom stereocenters. The van der Waals surface area contributed by atoms with E-state index in [9.17, 15) is 9.18 Å². The largest absolute Gasteiger partial charge is 0.375 e. The smallest absolute Gasteiger partial charge is 0.229 e. The van der Waals surface area contributed by atoms with Crippen LogP contribution in [0.4, 0.5) is 10.1 Å². The number of rotatable bonds is 5. The lowest BCUT2D eigenvalue weighted by Gasteiger charge is -2.08. The second-order valence-corrected chi connectivity index (χ2v) is 8.76. The lowest BCUT2D eigenvalue weighted by molar-refractivity contribution is -0.825. The van der Waals surface area contributed by atoms with Gasteiger partial charge in [-0.25, -0.2) is 14.6 Å². The van der Waals surface area contributed by atoms with E-state index in [2.05, 4.69) is 25.8 Å². The average Bonchev–Trinajstić information content (AvgIpc) is 3.34. The topological polar surface area (TPSA) is 81.0 Å². The number of hydrogen-bond donors (Lipinski definition) is 2. The first-order valence-corrected chi connectivity index (χ1v) is 12.0. The minimum absolute atomic E-state index is 0.00667. The van der Waals surface area contributed by atoms with Crippen LogP contribution in [0.1, 0.15) is 83.8 Å². The Morgan fingerprint density at radius 2 is 1.88 bits per heavy atom. The number of quaternary nitrogens is 1. The second-order valence-electron chi connectivity index (χ2n) is 8.76. The fraction of sp³-hybridized carbons (Fsp3) is 0.538. The highest BCUT2D eigenvalue weighted by Crippen LogP contribution is 2.37. The highest BCUT2D eigenvalue weighted by molar-refractivity contribution is 5.81. The van der Waals surface area contributed by atoms with Crippen molar-refractivity contribution in [3.63, 3.8) is 0 Å². The van der Waals surface area contributed by atoms with Crippen molar-refractivity contribution in [2.45, 2.75) is 85.4 Å². The van der Waals surface area contributed by atoms with Crippen LogP contribution in [0.2, 0.25) is 0 Å². The fourth-order valence-electron chi connectivity index (χ4n) is 3.58. The number of nitrogens with two attached hydrogens (primary N) is 1. The molecular formula is C26H39FN3O3+. The molecule has 3 N–H and O–H groups in total. The number of allylic oxidation sites excluding steroid dienone is 1. The number of nitrogens with zero attached hydrogens (tertiary/aromatic N) is 2. The SMILES string of the molecule is C/C=C(/F)c1nc(-c2ccc([NH2+]O)cc2)cn1C(C)=O.CC1CCC(CC2CC2)O1.CCC. The molecule has 0 amide bonds. The monoisotopic (exact) mass is 460 g/mol. The molecule has 7 heteroatoms. The number of halogens is 1. The first kappa shape index (κ1) is 26.9. The Balaban J connectivity index is 0.000000245. The highest BCUT2D eigenvalue weighted by Gasteiger charge is 2.29. The minimum Gasteiger partial charge on any atom is -0.375 e. The van der Waals surface area contributed by atoms with Crippen molar-refractivity contribution in [2.24, 2.45) is 5.92 Å². The van der Waals surface area contributed by atoms with Crippen LogP contribution >= 0.6 is 0 Å². The van der Waals surface area contributed by atoms with E-state index in [1.165, 1.54) is 62.3 Å². The summed E-state index contributed by atoms with van der Waals surface area (Å²) in [7, 11) is 0. The third-order valence-electron chi connectivity index (χ3n) is 5.48. The van der Waals surface area contributed by atoms with Crippen LogP contribution in [0.3, 0.4) is 0 Å². The lowest BCUT2D eigenvalue weighted by atomic mass is 10.1. The molecule has 2 aromatic rings. The summed E-state index contributed by atoms with van der Waals surface area (Å²) in [6.45, 7) is 9.33. The summed E-state index contributed by atoms with van der Waals surface area (Å²) in [5, 5.41) is 8.88. The summed E-state index contributed by atoms with van der Waals surface area (Å²) >= 11 is 0. The van der Waals surface area contributed by atoms with Gasteiger partial charge in [0.2, 0.25) is 5.91 Å². The predicted molar refractivity (Wildman–Crippen MR) is 129 cm³/mol. The molecule has 2 unspecified atom stereocenters. The molecule has 0 radical (unpaired) electrons. The highest BCUT2D eigenvalue weighted by atomic mass is 19.1. The van der Waals surface area contributed by atoms with E-state index in [0.717, 1.165) is 17.0 Å². The van der Waals surface area contributed by atoms with Gasteiger partial charge in [-0.2, -0.15) is 5.48 Å². The number of hydrogen-bond acceptors (Lipinski definition) is 4. The van der Waals surface area contributed by atoms with Gasteiger partial charge >= 0.3 is 0 Å². The van der Waals surface area contributed by atoms with Gasteiger partial charge in [0, 0.05) is 30.8 Å². The Bertz CT molecular complexity index is 904. The first-order valence-electron chi connectivity index (χ1n) is 12.0. The molecule has 2 heterocycles. The third-order valence-corrected chi connectivity index (χ3v) is 5.48. The molecular weight excluding hydrogens is 421 g/mol. The van der Waals surface area contributed by atoms with Gasteiger partial charge < -0.3 is 4.74 Å². The van der Waals surface area contributed by atoms with Gasteiger partial charge in [-0.05, 0) is 57.2 Å². The number of carbonyl (C=O) groups excluding carboxylic acids is 1. The van der Waals surface area contributed by atoms with E-state index >= 15 is 0 Å². The van der Waals surface area contributed by atoms with Gasteiger partial charge in [0.15, 0.2) is 17.3 Å². The molecule has 1 saturated carbocycles. The molecule has 1 aliphatic carbocycles. The van der Waals surface area contributed by atoms with Gasteiger partial charge in [-0.3, -0.25) is 9.36 Å². The molecule has 1 aromatic carbocycles. The molecule has 1 aromatic heterocycles. The third kappa shape index (κ3) is 8.50. The number of ether oxygens (including phenoxy) is 1. The number of benzene rings is 1. The molecule has 0 spiro atoms. The Morgan fingerprint density at radius 1 is 1.24 bits per heavy atom. The van der Waals surface area contributed by atoms with Crippen molar-refractivity contribution in [3.05, 3.63) is 42.4 Å². The van der Waals surface area contributed by atoms with Crippen molar-refractivity contribution >= 4 is 17.4 Å². The molecule has 33 heavy (non-hydrogen) atoms. The molecule has 2 aliphatic rings. The molecule has 2 fully saturated rings. The van der Waals surface area contributed by atoms with Gasteiger partial charge in [-0.15, -0.1) is 0 Å². The Hall–Kier alpha value is -2.35. The van der Waals surface area contributed by atoms with Crippen molar-refractivity contribution in [3.8, 4) is 11.3 Å². The minimum atomic E-state index is -0.549. The van der Waals surface area contributed by atoms with Crippen molar-refractivity contribution in [2.75, 3.05) is 0 Å². The lowest BCUT2D eigenvalue weighted by Crippen LogP contribution is -2.73. The number of carbonyl (C=O) groups is 1. The summed E-state index contributed by atoms with van der Waals surface area (Å²) in [5.41, 5.74) is 2.88. The summed E-state index contributed by atoms with van der Waals surface area (Å²) in [5.74, 6) is 0.172. The Kier molecular flexibility index (Phi) is 10.9. The standard InChI is InChI=1S/C14H14FN3O2.C9H16O.C3H8/c1-3-12(15)14-16-13(8-18(14)9(2)19)10-4-6-11(17-20)7-5-10;1-7-2-5-9(10-7)6-8-3-4-8;1-3-2/h3-8,17,20H,1-2H3;7-9H,2-6H2,1H3;3H2,1-2H3/p+1/b12-3+;;. The molecule has 0 bridgehead atoms. The van der Waals surface area contributed by atoms with E-state index in [0.29, 0.717) is 23.6 Å². The summed E-state index contributed by atoms with van der Waals surface area (Å²) in [6.07, 6.45) is 12.1. The first-order chi connectivity index (χ1) is 15.8. The van der Waals surface area contributed by atoms with Crippen LogP contribution in [0.15, 0.2) is 36.5 Å². The maximum absolute atomic E-state index is 13.7. The van der Waals surface area contributed by atoms with Crippen LogP contribution in [0, 0.1) is 5.92 Å². The zero-order valence-electron chi connectivity index (χ0n) is 20.6. The molecule has 1 aliphatic heterocycles. The second kappa shape index (κ2) is 13.4. The zero-order chi connectivity index (χ0) is 24.4. The summed E-state index contributed by atoms with van der Waals surface area (Å²) in [6, 6.07) is 6.89. The van der Waals surface area contributed by atoms with E-state index < -0.39 is 5.83 Å². The van der Waals surface area contributed by atoms with Gasteiger partial charge in [-0.1, -0.05) is 33.1 Å². The normalized spacial score (nSPS) is 19.9. The average molecular weight is 461 g/mol. The van der Waals surface area contributed by atoms with Crippen molar-refractivity contribution < 1.29 is 24.6 Å². The Morgan fingerprint density at radius 3 is 2.33 bits per heavy atom. The molecule has 1 saturated heterocycles. The maximum Gasteiger partial charge on any atom is 0.229 e. The van der Waals surface area contributed by atoms with E-state index in [1.54, 1.807) is 31.2 Å².